The number of hydrogen-bond donors (Lipinski definition) is 3. The predicted octanol–water partition coefficient (Wildman–Crippen LogP) is 2.32. The van der Waals surface area contributed by atoms with Crippen molar-refractivity contribution < 1.29 is 19.1 Å². The highest BCUT2D eigenvalue weighted by atomic mass is 16.5. The van der Waals surface area contributed by atoms with E-state index in [-0.39, 0.29) is 5.91 Å². The number of carbonyl (C=O) groups is 3. The van der Waals surface area contributed by atoms with Crippen LogP contribution in [0.15, 0.2) is 42.5 Å². The molecule has 1 atom stereocenters. The zero-order chi connectivity index (χ0) is 19.3. The molecule has 2 amide bonds. The number of ether oxygens (including phenoxy) is 1. The molecule has 26 heavy (non-hydrogen) atoms. The van der Waals surface area contributed by atoms with Crippen LogP contribution in [-0.4, -0.2) is 30.9 Å². The van der Waals surface area contributed by atoms with Crippen LogP contribution in [0.25, 0.3) is 0 Å². The number of methoxy groups -OCH3 is 1. The molecule has 7 heteroatoms. The molecule has 0 aromatic heterocycles. The molecule has 4 N–H and O–H groups in total. The molecule has 2 rings (SSSR count). The lowest BCUT2D eigenvalue weighted by Gasteiger charge is -2.17. The highest BCUT2D eigenvalue weighted by Gasteiger charge is 2.15. The van der Waals surface area contributed by atoms with Gasteiger partial charge >= 0.3 is 5.97 Å². The summed E-state index contributed by atoms with van der Waals surface area (Å²) in [6, 6.07) is 10.8. The Morgan fingerprint density at radius 1 is 1.04 bits per heavy atom. The zero-order valence-corrected chi connectivity index (χ0v) is 14.8. The number of esters is 1. The minimum absolute atomic E-state index is 0.264. The molecule has 0 saturated heterocycles. The van der Waals surface area contributed by atoms with Gasteiger partial charge in [0.1, 0.15) is 6.04 Å². The number of benzene rings is 2. The summed E-state index contributed by atoms with van der Waals surface area (Å²) >= 11 is 0. The third kappa shape index (κ3) is 4.60. The molecule has 0 aliphatic heterocycles. The number of primary amides is 1. The topological polar surface area (TPSA) is 111 Å². The van der Waals surface area contributed by atoms with E-state index in [4.69, 9.17) is 10.5 Å². The quantitative estimate of drug-likeness (QED) is 0.689. The van der Waals surface area contributed by atoms with Crippen molar-refractivity contribution in [2.75, 3.05) is 17.7 Å². The minimum Gasteiger partial charge on any atom is -0.465 e. The third-order valence-electron chi connectivity index (χ3n) is 3.86. The second kappa shape index (κ2) is 8.15. The van der Waals surface area contributed by atoms with Crippen LogP contribution in [0.4, 0.5) is 11.4 Å². The van der Waals surface area contributed by atoms with E-state index in [1.165, 1.54) is 7.11 Å². The molecule has 0 fully saturated rings. The Balaban J connectivity index is 2.07. The molecule has 0 saturated carbocycles. The number of nitrogens with two attached hydrogens (primary N) is 1. The Kier molecular flexibility index (Phi) is 5.95. The van der Waals surface area contributed by atoms with Gasteiger partial charge in [-0.1, -0.05) is 6.07 Å². The first kappa shape index (κ1) is 19.0. The van der Waals surface area contributed by atoms with E-state index in [1.54, 1.807) is 49.4 Å². The first-order valence-electron chi connectivity index (χ1n) is 7.98. The molecule has 0 aliphatic rings. The van der Waals surface area contributed by atoms with Gasteiger partial charge in [-0.15, -0.1) is 0 Å². The standard InChI is InChI=1S/C19H21N3O4/c1-11-4-5-14(19(25)26-3)10-16(11)21-12(2)18(24)22-15-8-6-13(7-9-15)17(20)23/h4-10,12,21H,1-3H3,(H2,20,23)(H,22,24)/t12-/m1/s1. The van der Waals surface area contributed by atoms with Gasteiger partial charge in [0.2, 0.25) is 11.8 Å². The normalized spacial score (nSPS) is 11.3. The number of aryl methyl sites for hydroxylation is 1. The lowest BCUT2D eigenvalue weighted by molar-refractivity contribution is -0.116. The molecule has 0 bridgehead atoms. The number of rotatable bonds is 6. The number of hydrogen-bond acceptors (Lipinski definition) is 5. The van der Waals surface area contributed by atoms with Crippen molar-refractivity contribution in [2.24, 2.45) is 5.73 Å². The van der Waals surface area contributed by atoms with Gasteiger partial charge in [0.05, 0.1) is 12.7 Å². The van der Waals surface area contributed by atoms with Gasteiger partial charge in [-0.25, -0.2) is 4.79 Å². The summed E-state index contributed by atoms with van der Waals surface area (Å²) in [7, 11) is 1.31. The molecule has 2 aromatic carbocycles. The van der Waals surface area contributed by atoms with E-state index in [2.05, 4.69) is 10.6 Å². The van der Waals surface area contributed by atoms with Crippen molar-refractivity contribution in [3.63, 3.8) is 0 Å². The molecule has 0 spiro atoms. The maximum Gasteiger partial charge on any atom is 0.337 e. The molecule has 0 aliphatic carbocycles. The van der Waals surface area contributed by atoms with Gasteiger partial charge in [-0.3, -0.25) is 9.59 Å². The van der Waals surface area contributed by atoms with Crippen molar-refractivity contribution in [2.45, 2.75) is 19.9 Å². The summed E-state index contributed by atoms with van der Waals surface area (Å²) in [5.41, 5.74) is 8.06. The van der Waals surface area contributed by atoms with E-state index in [0.29, 0.717) is 22.5 Å². The third-order valence-corrected chi connectivity index (χ3v) is 3.86. The highest BCUT2D eigenvalue weighted by molar-refractivity contribution is 5.98. The molecule has 0 radical (unpaired) electrons. The molecule has 0 heterocycles. The Morgan fingerprint density at radius 2 is 1.65 bits per heavy atom. The van der Waals surface area contributed by atoms with E-state index in [9.17, 15) is 14.4 Å². The van der Waals surface area contributed by atoms with Gasteiger partial charge in [0.25, 0.3) is 0 Å². The predicted molar refractivity (Wildman–Crippen MR) is 99.2 cm³/mol. The highest BCUT2D eigenvalue weighted by Crippen LogP contribution is 2.19. The summed E-state index contributed by atoms with van der Waals surface area (Å²) in [6.07, 6.45) is 0. The number of anilines is 2. The average Bonchev–Trinajstić information content (AvgIpc) is 2.63. The minimum atomic E-state index is -0.558. The number of nitrogens with one attached hydrogen (secondary N) is 2. The molecule has 0 unspecified atom stereocenters. The summed E-state index contributed by atoms with van der Waals surface area (Å²) in [6.45, 7) is 3.58. The molecule has 136 valence electrons. The first-order chi connectivity index (χ1) is 12.3. The van der Waals surface area contributed by atoms with Crippen molar-refractivity contribution in [1.29, 1.82) is 0 Å². The van der Waals surface area contributed by atoms with Gasteiger partial charge in [-0.2, -0.15) is 0 Å². The van der Waals surface area contributed by atoms with Crippen molar-refractivity contribution >= 4 is 29.2 Å². The SMILES string of the molecule is COC(=O)c1ccc(C)c(N[C@H](C)C(=O)Nc2ccc(C(N)=O)cc2)c1. The maximum atomic E-state index is 12.4. The number of carbonyl (C=O) groups excluding carboxylic acids is 3. The largest absolute Gasteiger partial charge is 0.465 e. The van der Waals surface area contributed by atoms with Crippen LogP contribution in [0, 0.1) is 6.92 Å². The summed E-state index contributed by atoms with van der Waals surface area (Å²) in [4.78, 5) is 35.1. The van der Waals surface area contributed by atoms with Crippen LogP contribution < -0.4 is 16.4 Å². The van der Waals surface area contributed by atoms with E-state index in [1.807, 2.05) is 6.92 Å². The maximum absolute atomic E-state index is 12.4. The Hall–Kier alpha value is -3.35. The van der Waals surface area contributed by atoms with Crippen LogP contribution in [0.2, 0.25) is 0 Å². The van der Waals surface area contributed by atoms with Crippen LogP contribution in [0.3, 0.4) is 0 Å². The summed E-state index contributed by atoms with van der Waals surface area (Å²) < 4.78 is 4.71. The fourth-order valence-corrected chi connectivity index (χ4v) is 2.29. The summed E-state index contributed by atoms with van der Waals surface area (Å²) in [5.74, 6) is -1.24. The first-order valence-corrected chi connectivity index (χ1v) is 7.98. The fourth-order valence-electron chi connectivity index (χ4n) is 2.29. The molecule has 2 aromatic rings. The zero-order valence-electron chi connectivity index (χ0n) is 14.8. The van der Waals surface area contributed by atoms with Gasteiger partial charge in [0.15, 0.2) is 0 Å². The van der Waals surface area contributed by atoms with Gasteiger partial charge in [0, 0.05) is 16.9 Å². The van der Waals surface area contributed by atoms with E-state index >= 15 is 0 Å². The fraction of sp³-hybridized carbons (Fsp3) is 0.211. The van der Waals surface area contributed by atoms with Crippen LogP contribution in [0.5, 0.6) is 0 Å². The smallest absolute Gasteiger partial charge is 0.337 e. The second-order valence-corrected chi connectivity index (χ2v) is 5.82. The molecular weight excluding hydrogens is 334 g/mol. The second-order valence-electron chi connectivity index (χ2n) is 5.82. The van der Waals surface area contributed by atoms with Crippen molar-refractivity contribution in [3.8, 4) is 0 Å². The van der Waals surface area contributed by atoms with Gasteiger partial charge in [-0.05, 0) is 55.8 Å². The van der Waals surface area contributed by atoms with E-state index in [0.717, 1.165) is 5.56 Å². The molecule has 7 nitrogen and oxygen atoms in total. The van der Waals surface area contributed by atoms with Crippen molar-refractivity contribution in [3.05, 3.63) is 59.2 Å². The van der Waals surface area contributed by atoms with Gasteiger partial charge < -0.3 is 21.1 Å². The molecular formula is C19H21N3O4. The Labute approximate surface area is 151 Å². The Morgan fingerprint density at radius 3 is 2.23 bits per heavy atom. The van der Waals surface area contributed by atoms with Crippen LogP contribution in [-0.2, 0) is 9.53 Å². The lowest BCUT2D eigenvalue weighted by Crippen LogP contribution is -2.32. The summed E-state index contributed by atoms with van der Waals surface area (Å²) in [5, 5.41) is 5.84. The van der Waals surface area contributed by atoms with Crippen molar-refractivity contribution in [1.82, 2.24) is 0 Å². The van der Waals surface area contributed by atoms with Crippen LogP contribution >= 0.6 is 0 Å². The average molecular weight is 355 g/mol. The lowest BCUT2D eigenvalue weighted by atomic mass is 10.1. The van der Waals surface area contributed by atoms with E-state index < -0.39 is 17.9 Å². The Bertz CT molecular complexity index is 831. The number of amides is 2. The monoisotopic (exact) mass is 355 g/mol. The van der Waals surface area contributed by atoms with Crippen LogP contribution in [0.1, 0.15) is 33.2 Å².